The van der Waals surface area contributed by atoms with E-state index in [4.69, 9.17) is 0 Å². The van der Waals surface area contributed by atoms with Gasteiger partial charge in [-0.25, -0.2) is 4.98 Å². The van der Waals surface area contributed by atoms with Gasteiger partial charge in [0.25, 0.3) is 0 Å². The van der Waals surface area contributed by atoms with Crippen LogP contribution >= 0.6 is 0 Å². The van der Waals surface area contributed by atoms with E-state index in [2.05, 4.69) is 11.9 Å². The summed E-state index contributed by atoms with van der Waals surface area (Å²) in [5, 5.41) is 0. The number of nitrogens with zero attached hydrogens (tertiary/aromatic N) is 2. The fourth-order valence-electron chi connectivity index (χ4n) is 2.57. The number of aromatic nitrogens is 2. The molecule has 0 unspecified atom stereocenters. The third-order valence-corrected chi connectivity index (χ3v) is 3.64. The smallest absolute Gasteiger partial charge is 0.320 e. The number of alkyl halides is 3. The van der Waals surface area contributed by atoms with Crippen molar-refractivity contribution in [2.75, 3.05) is 0 Å². The molecule has 1 aromatic carbocycles. The molecule has 0 aliphatic rings. The van der Waals surface area contributed by atoms with E-state index in [0.29, 0.717) is 17.6 Å². The largest absolute Gasteiger partial charge is 0.449 e. The standard InChI is InChI=1S/C16H21F3N2/c1-2-3-4-5-6-9-12-21-14-11-8-7-10-13(14)20-15(21)16(17,18)19/h7-8,10-11H,2-6,9,12H2,1H3. The molecule has 2 rings (SSSR count). The Morgan fingerprint density at radius 2 is 1.67 bits per heavy atom. The lowest BCUT2D eigenvalue weighted by Gasteiger charge is -2.11. The third-order valence-electron chi connectivity index (χ3n) is 3.64. The molecule has 0 amide bonds. The number of halogens is 3. The first-order chi connectivity index (χ1) is 10.0. The number of imidazole rings is 1. The number of para-hydroxylation sites is 2. The van der Waals surface area contributed by atoms with E-state index in [1.807, 2.05) is 0 Å². The van der Waals surface area contributed by atoms with Crippen molar-refractivity contribution in [3.05, 3.63) is 30.1 Å². The summed E-state index contributed by atoms with van der Waals surface area (Å²) in [6, 6.07) is 6.80. The summed E-state index contributed by atoms with van der Waals surface area (Å²) in [5.74, 6) is -0.780. The first kappa shape index (κ1) is 15.9. The molecule has 2 nitrogen and oxygen atoms in total. The average Bonchev–Trinajstić information content (AvgIpc) is 2.82. The van der Waals surface area contributed by atoms with Crippen LogP contribution < -0.4 is 0 Å². The molecule has 116 valence electrons. The van der Waals surface area contributed by atoms with Crippen molar-refractivity contribution >= 4 is 11.0 Å². The van der Waals surface area contributed by atoms with Gasteiger partial charge in [-0.2, -0.15) is 13.2 Å². The van der Waals surface area contributed by atoms with Crippen LogP contribution in [0, 0.1) is 0 Å². The molecule has 0 fully saturated rings. The fraction of sp³-hybridized carbons (Fsp3) is 0.562. The number of fused-ring (bicyclic) bond motifs is 1. The second kappa shape index (κ2) is 6.96. The molecule has 2 aromatic rings. The molecule has 0 saturated carbocycles. The van der Waals surface area contributed by atoms with Crippen molar-refractivity contribution in [2.45, 2.75) is 58.2 Å². The van der Waals surface area contributed by atoms with Gasteiger partial charge in [0, 0.05) is 6.54 Å². The molecule has 0 radical (unpaired) electrons. The zero-order valence-corrected chi connectivity index (χ0v) is 12.3. The molecule has 0 aliphatic heterocycles. The summed E-state index contributed by atoms with van der Waals surface area (Å²) in [7, 11) is 0. The lowest BCUT2D eigenvalue weighted by molar-refractivity contribution is -0.147. The number of benzene rings is 1. The first-order valence-corrected chi connectivity index (χ1v) is 7.56. The Morgan fingerprint density at radius 3 is 2.38 bits per heavy atom. The highest BCUT2D eigenvalue weighted by Gasteiger charge is 2.37. The normalized spacial score (nSPS) is 12.2. The maximum Gasteiger partial charge on any atom is 0.449 e. The molecule has 5 heteroatoms. The van der Waals surface area contributed by atoms with Gasteiger partial charge >= 0.3 is 6.18 Å². The van der Waals surface area contributed by atoms with E-state index in [0.717, 1.165) is 25.7 Å². The lowest BCUT2D eigenvalue weighted by atomic mass is 10.1. The Bertz CT molecular complexity index is 572. The van der Waals surface area contributed by atoms with Crippen LogP contribution in [0.3, 0.4) is 0 Å². The summed E-state index contributed by atoms with van der Waals surface area (Å²) in [5.41, 5.74) is 0.981. The van der Waals surface area contributed by atoms with E-state index in [-0.39, 0.29) is 0 Å². The van der Waals surface area contributed by atoms with Crippen LogP contribution in [0.4, 0.5) is 13.2 Å². The van der Waals surface area contributed by atoms with E-state index in [9.17, 15) is 13.2 Å². The van der Waals surface area contributed by atoms with Crippen LogP contribution in [-0.4, -0.2) is 9.55 Å². The Morgan fingerprint density at radius 1 is 1.00 bits per heavy atom. The third kappa shape index (κ3) is 3.99. The maximum absolute atomic E-state index is 13.1. The van der Waals surface area contributed by atoms with Gasteiger partial charge in [0.1, 0.15) is 0 Å². The molecule has 0 saturated heterocycles. The highest BCUT2D eigenvalue weighted by Crippen LogP contribution is 2.31. The Balaban J connectivity index is 2.10. The maximum atomic E-state index is 13.1. The highest BCUT2D eigenvalue weighted by atomic mass is 19.4. The molecule has 21 heavy (non-hydrogen) atoms. The van der Waals surface area contributed by atoms with E-state index in [1.165, 1.54) is 17.4 Å². The Kier molecular flexibility index (Phi) is 5.26. The number of unbranched alkanes of at least 4 members (excludes halogenated alkanes) is 5. The van der Waals surface area contributed by atoms with Gasteiger partial charge < -0.3 is 4.57 Å². The second-order valence-electron chi connectivity index (χ2n) is 5.34. The molecular weight excluding hydrogens is 277 g/mol. The molecule has 0 atom stereocenters. The molecular formula is C16H21F3N2. The van der Waals surface area contributed by atoms with Gasteiger partial charge in [0.15, 0.2) is 0 Å². The summed E-state index contributed by atoms with van der Waals surface area (Å²) in [6.07, 6.45) is 1.93. The lowest BCUT2D eigenvalue weighted by Crippen LogP contribution is -2.15. The minimum atomic E-state index is -4.40. The SMILES string of the molecule is CCCCCCCCn1c(C(F)(F)F)nc2ccccc21. The van der Waals surface area contributed by atoms with E-state index >= 15 is 0 Å². The van der Waals surface area contributed by atoms with E-state index < -0.39 is 12.0 Å². The van der Waals surface area contributed by atoms with Crippen molar-refractivity contribution in [3.63, 3.8) is 0 Å². The molecule has 0 bridgehead atoms. The number of hydrogen-bond donors (Lipinski definition) is 0. The fourth-order valence-corrected chi connectivity index (χ4v) is 2.57. The van der Waals surface area contributed by atoms with Crippen molar-refractivity contribution in [1.29, 1.82) is 0 Å². The van der Waals surface area contributed by atoms with Crippen LogP contribution in [0.25, 0.3) is 11.0 Å². The van der Waals surface area contributed by atoms with Gasteiger partial charge in [-0.1, -0.05) is 51.2 Å². The molecule has 0 spiro atoms. The van der Waals surface area contributed by atoms with Crippen LogP contribution in [0.2, 0.25) is 0 Å². The van der Waals surface area contributed by atoms with Crippen LogP contribution in [-0.2, 0) is 12.7 Å². The number of aryl methyl sites for hydroxylation is 1. The molecule has 1 heterocycles. The molecule has 0 N–H and O–H groups in total. The topological polar surface area (TPSA) is 17.8 Å². The monoisotopic (exact) mass is 298 g/mol. The van der Waals surface area contributed by atoms with Gasteiger partial charge in [-0.3, -0.25) is 0 Å². The zero-order chi connectivity index (χ0) is 15.3. The van der Waals surface area contributed by atoms with E-state index in [1.54, 1.807) is 24.3 Å². The van der Waals surface area contributed by atoms with Crippen molar-refractivity contribution in [2.24, 2.45) is 0 Å². The Hall–Kier alpha value is -1.52. The molecule has 1 aromatic heterocycles. The van der Waals surface area contributed by atoms with Crippen molar-refractivity contribution in [3.8, 4) is 0 Å². The van der Waals surface area contributed by atoms with Crippen LogP contribution in [0.5, 0.6) is 0 Å². The van der Waals surface area contributed by atoms with Crippen molar-refractivity contribution < 1.29 is 13.2 Å². The van der Waals surface area contributed by atoms with Gasteiger partial charge in [-0.05, 0) is 18.6 Å². The summed E-state index contributed by atoms with van der Waals surface area (Å²) < 4.78 is 40.6. The predicted octanol–water partition coefficient (Wildman–Crippen LogP) is 5.42. The van der Waals surface area contributed by atoms with Gasteiger partial charge in [-0.15, -0.1) is 0 Å². The highest BCUT2D eigenvalue weighted by molar-refractivity contribution is 5.76. The minimum absolute atomic E-state index is 0.376. The molecule has 0 aliphatic carbocycles. The van der Waals surface area contributed by atoms with Gasteiger partial charge in [0.05, 0.1) is 11.0 Å². The summed E-state index contributed by atoms with van der Waals surface area (Å²) in [6.45, 7) is 2.52. The number of hydrogen-bond acceptors (Lipinski definition) is 1. The summed E-state index contributed by atoms with van der Waals surface area (Å²) >= 11 is 0. The summed E-state index contributed by atoms with van der Waals surface area (Å²) in [4.78, 5) is 3.75. The average molecular weight is 298 g/mol. The van der Waals surface area contributed by atoms with Crippen molar-refractivity contribution in [1.82, 2.24) is 9.55 Å². The minimum Gasteiger partial charge on any atom is -0.320 e. The predicted molar refractivity (Wildman–Crippen MR) is 78.1 cm³/mol. The quantitative estimate of drug-likeness (QED) is 0.624. The van der Waals surface area contributed by atoms with Crippen LogP contribution in [0.1, 0.15) is 51.3 Å². The van der Waals surface area contributed by atoms with Gasteiger partial charge in [0.2, 0.25) is 5.82 Å². The number of rotatable bonds is 7. The Labute approximate surface area is 123 Å². The second-order valence-corrected chi connectivity index (χ2v) is 5.34. The zero-order valence-electron chi connectivity index (χ0n) is 12.3. The van der Waals surface area contributed by atoms with Crippen LogP contribution in [0.15, 0.2) is 24.3 Å². The first-order valence-electron chi connectivity index (χ1n) is 7.56.